The summed E-state index contributed by atoms with van der Waals surface area (Å²) in [7, 11) is 3.36. The maximum absolute atomic E-state index is 12.4. The van der Waals surface area contributed by atoms with Crippen molar-refractivity contribution >= 4 is 63.2 Å². The van der Waals surface area contributed by atoms with Crippen molar-refractivity contribution in [3.8, 4) is 5.75 Å². The van der Waals surface area contributed by atoms with Crippen molar-refractivity contribution < 1.29 is 14.3 Å². The Kier molecular flexibility index (Phi) is 8.66. The van der Waals surface area contributed by atoms with Gasteiger partial charge in [0, 0.05) is 60.4 Å². The molecule has 2 aromatic carbocycles. The van der Waals surface area contributed by atoms with E-state index in [4.69, 9.17) is 14.9 Å². The second-order valence-corrected chi connectivity index (χ2v) is 9.94. The van der Waals surface area contributed by atoms with Crippen molar-refractivity contribution in [2.75, 3.05) is 38.0 Å². The Hall–Kier alpha value is -3.73. The van der Waals surface area contributed by atoms with Gasteiger partial charge in [-0.15, -0.1) is 11.3 Å². The Morgan fingerprint density at radius 3 is 2.86 bits per heavy atom. The van der Waals surface area contributed by atoms with Crippen molar-refractivity contribution in [1.82, 2.24) is 4.98 Å². The summed E-state index contributed by atoms with van der Waals surface area (Å²) in [5.41, 5.74) is 3.03. The molecule has 10 heteroatoms. The van der Waals surface area contributed by atoms with Crippen molar-refractivity contribution in [2.24, 2.45) is 4.99 Å². The van der Waals surface area contributed by atoms with Gasteiger partial charge >= 0.3 is 6.03 Å². The van der Waals surface area contributed by atoms with E-state index in [1.807, 2.05) is 30.3 Å². The molecular weight excluding hydrogens is 494 g/mol. The van der Waals surface area contributed by atoms with Crippen LogP contribution in [0.1, 0.15) is 11.1 Å². The highest BCUT2D eigenvalue weighted by atomic mass is 32.2. The van der Waals surface area contributed by atoms with E-state index in [2.05, 4.69) is 20.6 Å². The van der Waals surface area contributed by atoms with Crippen LogP contribution >= 0.6 is 23.1 Å². The number of pyridine rings is 1. The molecule has 2 amide bonds. The van der Waals surface area contributed by atoms with Gasteiger partial charge in [-0.2, -0.15) is 0 Å². The fraction of sp³-hybridized carbons (Fsp3) is 0.154. The normalized spacial score (nSPS) is 11.1. The minimum absolute atomic E-state index is 0.339. The number of aliphatic imine (C=N–C) groups is 1. The molecule has 0 fully saturated rings. The van der Waals surface area contributed by atoms with Crippen LogP contribution in [0.5, 0.6) is 5.75 Å². The lowest BCUT2D eigenvalue weighted by molar-refractivity contribution is 0.146. The third-order valence-electron chi connectivity index (χ3n) is 4.99. The summed E-state index contributed by atoms with van der Waals surface area (Å²) in [4.78, 5) is 22.2. The number of anilines is 2. The number of urea groups is 1. The predicted octanol–water partition coefficient (Wildman–Crippen LogP) is 6.16. The van der Waals surface area contributed by atoms with Crippen molar-refractivity contribution in [1.29, 1.82) is 5.41 Å². The highest BCUT2D eigenvalue weighted by Crippen LogP contribution is 2.39. The molecular formula is C26H25N5O3S2. The molecule has 0 unspecified atom stereocenters. The van der Waals surface area contributed by atoms with Gasteiger partial charge in [-0.1, -0.05) is 23.9 Å². The number of hydrogen-bond acceptors (Lipinski definition) is 8. The summed E-state index contributed by atoms with van der Waals surface area (Å²) in [6.45, 7) is 0.931. The van der Waals surface area contributed by atoms with Crippen LogP contribution in [-0.4, -0.2) is 50.8 Å². The molecule has 3 N–H and O–H groups in total. The molecule has 2 heterocycles. The fourth-order valence-electron chi connectivity index (χ4n) is 3.38. The van der Waals surface area contributed by atoms with Gasteiger partial charge in [0.2, 0.25) is 0 Å². The van der Waals surface area contributed by atoms with Gasteiger partial charge in [0.1, 0.15) is 12.4 Å². The van der Waals surface area contributed by atoms with Crippen LogP contribution in [0.25, 0.3) is 10.9 Å². The van der Waals surface area contributed by atoms with Gasteiger partial charge in [-0.25, -0.2) is 4.79 Å². The molecule has 4 rings (SSSR count). The maximum Gasteiger partial charge on any atom is 0.324 e. The third kappa shape index (κ3) is 6.48. The van der Waals surface area contributed by atoms with Crippen LogP contribution in [0.4, 0.5) is 15.5 Å². The summed E-state index contributed by atoms with van der Waals surface area (Å²) in [6, 6.07) is 16.6. The molecule has 0 saturated heterocycles. The number of amides is 2. The Morgan fingerprint density at radius 1 is 1.17 bits per heavy atom. The summed E-state index contributed by atoms with van der Waals surface area (Å²) in [5.74, 6) is 0.708. The molecule has 0 aliphatic carbocycles. The minimum atomic E-state index is -0.339. The number of hydrogen-bond donors (Lipinski definition) is 3. The molecule has 0 atom stereocenters. The maximum atomic E-state index is 12.4. The van der Waals surface area contributed by atoms with E-state index in [-0.39, 0.29) is 6.03 Å². The molecule has 36 heavy (non-hydrogen) atoms. The zero-order valence-corrected chi connectivity index (χ0v) is 21.4. The number of nitrogens with one attached hydrogen (secondary N) is 3. The monoisotopic (exact) mass is 519 g/mol. The smallest absolute Gasteiger partial charge is 0.324 e. The van der Waals surface area contributed by atoms with E-state index in [9.17, 15) is 4.79 Å². The first-order valence-electron chi connectivity index (χ1n) is 11.0. The SMILES string of the molecule is CN=Cc1cc2c(Sc3ccc(NC(=O)Nc4cccc(C=N)c4)s3)ccnc2cc1OCCOC. The molecule has 0 bridgehead atoms. The van der Waals surface area contributed by atoms with Crippen molar-refractivity contribution in [3.63, 3.8) is 0 Å². The molecule has 0 saturated carbocycles. The highest BCUT2D eigenvalue weighted by molar-refractivity contribution is 8.01. The molecule has 8 nitrogen and oxygen atoms in total. The molecule has 0 aliphatic rings. The number of carbonyl (C=O) groups excluding carboxylic acids is 1. The molecule has 0 spiro atoms. The molecule has 184 valence electrons. The summed E-state index contributed by atoms with van der Waals surface area (Å²) in [5, 5.41) is 14.7. The van der Waals surface area contributed by atoms with Crippen molar-refractivity contribution in [3.05, 3.63) is 71.9 Å². The number of benzene rings is 2. The van der Waals surface area contributed by atoms with Gasteiger partial charge in [-0.05, 0) is 42.0 Å². The Balaban J connectivity index is 1.49. The summed E-state index contributed by atoms with van der Waals surface area (Å²) in [6.07, 6.45) is 4.79. The van der Waals surface area contributed by atoms with Crippen LogP contribution in [-0.2, 0) is 4.74 Å². The summed E-state index contributed by atoms with van der Waals surface area (Å²) >= 11 is 3.09. The van der Waals surface area contributed by atoms with Gasteiger partial charge < -0.3 is 20.2 Å². The topological polar surface area (TPSA) is 109 Å². The lowest BCUT2D eigenvalue weighted by atomic mass is 10.1. The molecule has 2 aromatic heterocycles. The predicted molar refractivity (Wildman–Crippen MR) is 148 cm³/mol. The molecule has 0 radical (unpaired) electrons. The number of methoxy groups -OCH3 is 1. The van der Waals surface area contributed by atoms with E-state index in [1.54, 1.807) is 62.6 Å². The first-order chi connectivity index (χ1) is 17.6. The average Bonchev–Trinajstić information content (AvgIpc) is 3.31. The Morgan fingerprint density at radius 2 is 2.06 bits per heavy atom. The first-order valence-corrected chi connectivity index (χ1v) is 12.7. The van der Waals surface area contributed by atoms with E-state index in [1.165, 1.54) is 17.6 Å². The number of rotatable bonds is 10. The van der Waals surface area contributed by atoms with E-state index in [0.717, 1.165) is 30.6 Å². The Bertz CT molecular complexity index is 1400. The number of ether oxygens (including phenoxy) is 2. The molecule has 0 aliphatic heterocycles. The largest absolute Gasteiger partial charge is 0.490 e. The lowest BCUT2D eigenvalue weighted by Gasteiger charge is -2.12. The van der Waals surface area contributed by atoms with Gasteiger partial charge in [0.25, 0.3) is 0 Å². The second-order valence-electron chi connectivity index (χ2n) is 7.51. The number of aromatic nitrogens is 1. The van der Waals surface area contributed by atoms with Gasteiger partial charge in [0.15, 0.2) is 0 Å². The molecule has 4 aromatic rings. The average molecular weight is 520 g/mol. The van der Waals surface area contributed by atoms with Crippen molar-refractivity contribution in [2.45, 2.75) is 9.10 Å². The quantitative estimate of drug-likeness (QED) is 0.172. The third-order valence-corrected chi connectivity index (χ3v) is 7.19. The summed E-state index contributed by atoms with van der Waals surface area (Å²) < 4.78 is 12.0. The second kappa shape index (κ2) is 12.3. The number of carbonyl (C=O) groups is 1. The number of fused-ring (bicyclic) bond motifs is 1. The number of nitrogens with zero attached hydrogens (tertiary/aromatic N) is 2. The standard InChI is InChI=1S/C26H25N5O3S2/c1-28-16-18-13-20-21(14-22(18)34-11-10-33-2)29-9-8-23(20)35-25-7-6-24(36-25)31-26(32)30-19-5-3-4-17(12-19)15-27/h3-9,12-16,27H,10-11H2,1-2H3,(H2,30,31,32). The van der Waals surface area contributed by atoms with Gasteiger partial charge in [0.05, 0.1) is 21.3 Å². The van der Waals surface area contributed by atoms with Crippen LogP contribution in [0.3, 0.4) is 0 Å². The number of thiophene rings is 1. The highest BCUT2D eigenvalue weighted by Gasteiger charge is 2.12. The fourth-order valence-corrected chi connectivity index (χ4v) is 5.48. The zero-order valence-electron chi connectivity index (χ0n) is 19.8. The van der Waals surface area contributed by atoms with E-state index in [0.29, 0.717) is 30.2 Å². The van der Waals surface area contributed by atoms with Crippen LogP contribution in [0.15, 0.2) is 74.9 Å². The van der Waals surface area contributed by atoms with Crippen LogP contribution in [0, 0.1) is 5.41 Å². The first kappa shape index (κ1) is 25.4. The van der Waals surface area contributed by atoms with E-state index < -0.39 is 0 Å². The van der Waals surface area contributed by atoms with E-state index >= 15 is 0 Å². The zero-order chi connectivity index (χ0) is 25.3. The Labute approximate surface area is 217 Å². The van der Waals surface area contributed by atoms with Gasteiger partial charge in [-0.3, -0.25) is 15.3 Å². The minimum Gasteiger partial charge on any atom is -0.490 e. The van der Waals surface area contributed by atoms with Crippen LogP contribution < -0.4 is 15.4 Å². The van der Waals surface area contributed by atoms with Crippen LogP contribution in [0.2, 0.25) is 0 Å². The lowest BCUT2D eigenvalue weighted by Crippen LogP contribution is -2.18.